The molecule has 0 saturated heterocycles. The molecule has 1 atom stereocenters. The summed E-state index contributed by atoms with van der Waals surface area (Å²) in [6, 6.07) is 20.7. The first kappa shape index (κ1) is 21.1. The number of rotatable bonds is 8. The van der Waals surface area contributed by atoms with Gasteiger partial charge in [0.05, 0.1) is 34.0 Å². The molecule has 1 aliphatic rings. The van der Waals surface area contributed by atoms with Crippen molar-refractivity contribution in [2.45, 2.75) is 18.9 Å². The summed E-state index contributed by atoms with van der Waals surface area (Å²) in [5.41, 5.74) is 4.85. The van der Waals surface area contributed by atoms with E-state index in [1.165, 1.54) is 16.7 Å². The molecule has 0 spiro atoms. The van der Waals surface area contributed by atoms with Crippen molar-refractivity contribution in [1.82, 2.24) is 5.32 Å². The van der Waals surface area contributed by atoms with Gasteiger partial charge in [-0.1, -0.05) is 36.4 Å². The van der Waals surface area contributed by atoms with Crippen molar-refractivity contribution in [3.05, 3.63) is 82.9 Å². The monoisotopic (exact) mass is 419 g/mol. The second-order valence-corrected chi connectivity index (χ2v) is 7.54. The highest BCUT2D eigenvalue weighted by molar-refractivity contribution is 5.53. The Balaban J connectivity index is 1.55. The molecule has 31 heavy (non-hydrogen) atoms. The maximum absolute atomic E-state index is 6.03. The molecule has 0 radical (unpaired) electrons. The highest BCUT2D eigenvalue weighted by Crippen LogP contribution is 2.39. The summed E-state index contributed by atoms with van der Waals surface area (Å²) in [7, 11) is 5.02. The van der Waals surface area contributed by atoms with E-state index in [0.29, 0.717) is 6.61 Å². The van der Waals surface area contributed by atoms with Crippen molar-refractivity contribution >= 4 is 0 Å². The van der Waals surface area contributed by atoms with E-state index in [0.717, 1.165) is 47.9 Å². The third kappa shape index (κ3) is 4.62. The molecular weight excluding hydrogens is 390 g/mol. The molecule has 0 amide bonds. The van der Waals surface area contributed by atoms with Crippen LogP contribution in [-0.4, -0.2) is 34.5 Å². The second-order valence-electron chi connectivity index (χ2n) is 7.54. The number of methoxy groups -OCH3 is 3. The zero-order valence-corrected chi connectivity index (χ0v) is 18.3. The first-order valence-electron chi connectivity index (χ1n) is 10.6. The zero-order valence-electron chi connectivity index (χ0n) is 18.3. The van der Waals surface area contributed by atoms with Crippen LogP contribution in [0.25, 0.3) is 0 Å². The lowest BCUT2D eigenvalue weighted by Crippen LogP contribution is -2.30. The normalized spacial score (nSPS) is 15.1. The fourth-order valence-electron chi connectivity index (χ4n) is 4.09. The maximum atomic E-state index is 6.03. The molecule has 1 N–H and O–H groups in total. The Morgan fingerprint density at radius 2 is 1.52 bits per heavy atom. The van der Waals surface area contributed by atoms with Gasteiger partial charge < -0.3 is 24.3 Å². The SMILES string of the molecule is COc1cc2c(cc1OC)C(c1ccc(OCCc3ccccc3)c(OC)c1)NCC2. The molecule has 0 aliphatic carbocycles. The lowest BCUT2D eigenvalue weighted by molar-refractivity contribution is 0.297. The maximum Gasteiger partial charge on any atom is 0.161 e. The number of fused-ring (bicyclic) bond motifs is 1. The molecule has 3 aromatic carbocycles. The summed E-state index contributed by atoms with van der Waals surface area (Å²) in [5, 5.41) is 3.62. The molecule has 0 fully saturated rings. The van der Waals surface area contributed by atoms with Crippen LogP contribution in [0.2, 0.25) is 0 Å². The van der Waals surface area contributed by atoms with Crippen LogP contribution in [0.4, 0.5) is 0 Å². The molecule has 1 heterocycles. The standard InChI is InChI=1S/C26H29NO4/c1-28-23-16-20(9-10-22(23)31-14-12-18-7-5-4-6-8-18)26-21-17-25(30-3)24(29-2)15-19(21)11-13-27-26/h4-10,15-17,26-27H,11-14H2,1-3H3. The van der Waals surface area contributed by atoms with Gasteiger partial charge in [0.25, 0.3) is 0 Å². The van der Waals surface area contributed by atoms with Crippen molar-refractivity contribution in [3.8, 4) is 23.0 Å². The zero-order chi connectivity index (χ0) is 21.6. The van der Waals surface area contributed by atoms with Crippen LogP contribution >= 0.6 is 0 Å². The molecule has 0 bridgehead atoms. The minimum atomic E-state index is 0.0517. The van der Waals surface area contributed by atoms with Crippen LogP contribution in [0.5, 0.6) is 23.0 Å². The number of nitrogens with one attached hydrogen (secondary N) is 1. The van der Waals surface area contributed by atoms with E-state index in [4.69, 9.17) is 18.9 Å². The minimum Gasteiger partial charge on any atom is -0.493 e. The number of ether oxygens (including phenoxy) is 4. The molecule has 3 aromatic rings. The van der Waals surface area contributed by atoms with Gasteiger partial charge in [0.2, 0.25) is 0 Å². The number of benzene rings is 3. The number of hydrogen-bond acceptors (Lipinski definition) is 5. The van der Waals surface area contributed by atoms with E-state index < -0.39 is 0 Å². The van der Waals surface area contributed by atoms with Crippen molar-refractivity contribution in [2.75, 3.05) is 34.5 Å². The Morgan fingerprint density at radius 3 is 2.26 bits per heavy atom. The Bertz CT molecular complexity index is 1020. The molecule has 4 rings (SSSR count). The summed E-state index contributed by atoms with van der Waals surface area (Å²) in [5.74, 6) is 3.00. The molecule has 5 heteroatoms. The minimum absolute atomic E-state index is 0.0517. The predicted octanol–water partition coefficient (Wildman–Crippen LogP) is 4.57. The third-order valence-corrected chi connectivity index (χ3v) is 5.71. The van der Waals surface area contributed by atoms with Gasteiger partial charge in [-0.3, -0.25) is 0 Å². The average molecular weight is 420 g/mol. The fraction of sp³-hybridized carbons (Fsp3) is 0.308. The van der Waals surface area contributed by atoms with Gasteiger partial charge >= 0.3 is 0 Å². The highest BCUT2D eigenvalue weighted by Gasteiger charge is 2.25. The average Bonchev–Trinajstić information content (AvgIpc) is 2.83. The van der Waals surface area contributed by atoms with Gasteiger partial charge in [0, 0.05) is 13.0 Å². The summed E-state index contributed by atoms with van der Waals surface area (Å²) in [6.45, 7) is 1.49. The molecule has 1 unspecified atom stereocenters. The molecule has 162 valence electrons. The molecule has 5 nitrogen and oxygen atoms in total. The van der Waals surface area contributed by atoms with Crippen LogP contribution in [-0.2, 0) is 12.8 Å². The van der Waals surface area contributed by atoms with Crippen LogP contribution < -0.4 is 24.3 Å². The largest absolute Gasteiger partial charge is 0.493 e. The van der Waals surface area contributed by atoms with Gasteiger partial charge in [0.1, 0.15) is 0 Å². The van der Waals surface area contributed by atoms with Gasteiger partial charge in [-0.2, -0.15) is 0 Å². The van der Waals surface area contributed by atoms with Gasteiger partial charge in [-0.25, -0.2) is 0 Å². The van der Waals surface area contributed by atoms with Gasteiger partial charge in [0.15, 0.2) is 23.0 Å². The Labute approximate surface area is 183 Å². The van der Waals surface area contributed by atoms with Gasteiger partial charge in [-0.15, -0.1) is 0 Å². The Morgan fingerprint density at radius 1 is 0.806 bits per heavy atom. The summed E-state index contributed by atoms with van der Waals surface area (Å²) in [6.07, 6.45) is 1.80. The highest BCUT2D eigenvalue weighted by atomic mass is 16.5. The fourth-order valence-corrected chi connectivity index (χ4v) is 4.09. The second kappa shape index (κ2) is 9.75. The lowest BCUT2D eigenvalue weighted by atomic mass is 9.89. The molecule has 0 aromatic heterocycles. The summed E-state index contributed by atoms with van der Waals surface area (Å²) < 4.78 is 22.7. The molecule has 0 saturated carbocycles. The van der Waals surface area contributed by atoms with E-state index in [-0.39, 0.29) is 6.04 Å². The van der Waals surface area contributed by atoms with E-state index >= 15 is 0 Å². The first-order valence-corrected chi connectivity index (χ1v) is 10.6. The first-order chi connectivity index (χ1) is 15.2. The van der Waals surface area contributed by atoms with E-state index in [2.05, 4.69) is 41.7 Å². The topological polar surface area (TPSA) is 49.0 Å². The molecule has 1 aliphatic heterocycles. The van der Waals surface area contributed by atoms with Crippen molar-refractivity contribution < 1.29 is 18.9 Å². The Kier molecular flexibility index (Phi) is 6.63. The van der Waals surface area contributed by atoms with Crippen molar-refractivity contribution in [1.29, 1.82) is 0 Å². The Hall–Kier alpha value is -3.18. The van der Waals surface area contributed by atoms with Crippen molar-refractivity contribution in [3.63, 3.8) is 0 Å². The van der Waals surface area contributed by atoms with Crippen LogP contribution in [0.15, 0.2) is 60.7 Å². The predicted molar refractivity (Wildman–Crippen MR) is 122 cm³/mol. The van der Waals surface area contributed by atoms with E-state index in [9.17, 15) is 0 Å². The summed E-state index contributed by atoms with van der Waals surface area (Å²) >= 11 is 0. The van der Waals surface area contributed by atoms with Crippen molar-refractivity contribution in [2.24, 2.45) is 0 Å². The smallest absolute Gasteiger partial charge is 0.161 e. The third-order valence-electron chi connectivity index (χ3n) is 5.71. The van der Waals surface area contributed by atoms with E-state index in [1.807, 2.05) is 24.3 Å². The quantitative estimate of drug-likeness (QED) is 0.580. The van der Waals surface area contributed by atoms with Crippen LogP contribution in [0.3, 0.4) is 0 Å². The summed E-state index contributed by atoms with van der Waals surface area (Å²) in [4.78, 5) is 0. The van der Waals surface area contributed by atoms with E-state index in [1.54, 1.807) is 21.3 Å². The van der Waals surface area contributed by atoms with Crippen LogP contribution in [0.1, 0.15) is 28.3 Å². The van der Waals surface area contributed by atoms with Crippen LogP contribution in [0, 0.1) is 0 Å². The molecular formula is C26H29NO4. The lowest BCUT2D eigenvalue weighted by Gasteiger charge is -2.29. The van der Waals surface area contributed by atoms with Gasteiger partial charge in [-0.05, 0) is 52.9 Å². The number of hydrogen-bond donors (Lipinski definition) is 1.